The van der Waals surface area contributed by atoms with Gasteiger partial charge in [-0.25, -0.2) is 0 Å². The predicted molar refractivity (Wildman–Crippen MR) is 191 cm³/mol. The summed E-state index contributed by atoms with van der Waals surface area (Å²) in [4.78, 5) is 12.3. The number of hydrogen-bond donors (Lipinski definition) is 0. The van der Waals surface area contributed by atoms with Crippen LogP contribution < -0.4 is 0 Å². The lowest BCUT2D eigenvalue weighted by atomic mass is 9.43. The summed E-state index contributed by atoms with van der Waals surface area (Å²) in [7, 11) is -3.84. The van der Waals surface area contributed by atoms with Crippen LogP contribution in [0.2, 0.25) is 38.3 Å². The molecule has 10 atom stereocenters. The number of carbonyl (C=O) groups excluding carboxylic acids is 1. The molecule has 0 bridgehead atoms. The zero-order chi connectivity index (χ0) is 34.5. The second kappa shape index (κ2) is 16.1. The fraction of sp³-hybridized carbons (Fsp3) is 0.921. The zero-order valence-corrected chi connectivity index (χ0v) is 33.1. The molecule has 4 saturated carbocycles. The van der Waals surface area contributed by atoms with E-state index in [4.69, 9.17) is 28.8 Å². The average molecular weight is 687 g/mol. The fourth-order valence-electron chi connectivity index (χ4n) is 11.4. The molecule has 0 N–H and O–H groups in total. The number of ketones is 1. The zero-order valence-electron chi connectivity index (χ0n) is 31.1. The van der Waals surface area contributed by atoms with Crippen LogP contribution in [-0.2, 0) is 23.1 Å². The first-order chi connectivity index (χ1) is 22.2. The number of rotatable bonds is 17. The van der Waals surface area contributed by atoms with Crippen molar-refractivity contribution in [2.75, 3.05) is 13.2 Å². The van der Waals surface area contributed by atoms with Gasteiger partial charge in [0.1, 0.15) is 19.0 Å². The van der Waals surface area contributed by atoms with Gasteiger partial charge < -0.3 is 18.3 Å². The molecule has 266 valence electrons. The van der Waals surface area contributed by atoms with Crippen molar-refractivity contribution in [3.05, 3.63) is 0 Å². The molecule has 4 aliphatic carbocycles. The van der Waals surface area contributed by atoms with Crippen LogP contribution in [-0.4, -0.2) is 47.8 Å². The van der Waals surface area contributed by atoms with Gasteiger partial charge in [0.05, 0.1) is 6.10 Å². The van der Waals surface area contributed by atoms with Crippen molar-refractivity contribution < 1.29 is 23.1 Å². The van der Waals surface area contributed by atoms with Crippen LogP contribution in [0.3, 0.4) is 0 Å². The summed E-state index contributed by atoms with van der Waals surface area (Å²) in [5, 5.41) is 17.6. The predicted octanol–water partition coefficient (Wildman–Crippen LogP) is 9.61. The Labute approximate surface area is 289 Å². The van der Waals surface area contributed by atoms with E-state index >= 15 is 0 Å². The summed E-state index contributed by atoms with van der Waals surface area (Å²) >= 11 is 0. The first-order valence-corrected chi connectivity index (χ1v) is 25.3. The quantitative estimate of drug-likeness (QED) is 0.0853. The molecule has 0 unspecified atom stereocenters. The minimum atomic E-state index is -2.02. The number of nitriles is 2. The van der Waals surface area contributed by atoms with Gasteiger partial charge in [0.2, 0.25) is 0 Å². The maximum atomic E-state index is 12.3. The molecule has 7 nitrogen and oxygen atoms in total. The van der Waals surface area contributed by atoms with Gasteiger partial charge in [-0.2, -0.15) is 10.5 Å². The van der Waals surface area contributed by atoms with Crippen molar-refractivity contribution in [1.82, 2.24) is 0 Å². The van der Waals surface area contributed by atoms with Gasteiger partial charge in [-0.3, -0.25) is 4.79 Å². The number of ether oxygens (including phenoxy) is 2. The number of hydrogen-bond acceptors (Lipinski definition) is 7. The van der Waals surface area contributed by atoms with E-state index in [1.54, 1.807) is 6.26 Å². The first kappa shape index (κ1) is 38.4. The van der Waals surface area contributed by atoms with Gasteiger partial charge in [0.15, 0.2) is 16.6 Å². The highest BCUT2D eigenvalue weighted by atomic mass is 28.4. The summed E-state index contributed by atoms with van der Waals surface area (Å²) < 4.78 is 24.4. The maximum Gasteiger partial charge on any atom is 0.286 e. The summed E-state index contributed by atoms with van der Waals surface area (Å²) in [5.74, 6) is 4.33. The first-order valence-electron chi connectivity index (χ1n) is 19.1. The Morgan fingerprint density at radius 3 is 2.13 bits per heavy atom. The number of Topliss-reactive ketones (excluding diaryl/α,β-unsaturated/α-hetero) is 1. The molecule has 0 aromatic rings. The molecule has 47 heavy (non-hydrogen) atoms. The largest absolute Gasteiger partial charge is 0.428 e. The van der Waals surface area contributed by atoms with E-state index in [1.807, 2.05) is 13.2 Å². The van der Waals surface area contributed by atoms with Crippen LogP contribution in [0.1, 0.15) is 111 Å². The average Bonchev–Trinajstić information content (AvgIpc) is 3.39. The van der Waals surface area contributed by atoms with Crippen LogP contribution in [0, 0.1) is 69.4 Å². The molecule has 0 aliphatic heterocycles. The molecule has 0 amide bonds. The smallest absolute Gasteiger partial charge is 0.286 e. The molecular weight excluding hydrogens is 621 g/mol. The molecule has 4 fully saturated rings. The van der Waals surface area contributed by atoms with E-state index in [-0.39, 0.29) is 11.5 Å². The topological polar surface area (TPSA) is 102 Å². The van der Waals surface area contributed by atoms with E-state index < -0.39 is 16.6 Å². The highest BCUT2D eigenvalue weighted by Gasteiger charge is 2.64. The molecule has 0 heterocycles. The van der Waals surface area contributed by atoms with E-state index in [2.05, 4.69) is 47.0 Å². The molecule has 9 heteroatoms. The third-order valence-corrected chi connectivity index (χ3v) is 18.9. The Hall–Kier alpha value is -1.40. The minimum Gasteiger partial charge on any atom is -0.428 e. The number of nitrogens with zero attached hydrogens (tertiary/aromatic N) is 2. The van der Waals surface area contributed by atoms with Gasteiger partial charge >= 0.3 is 0 Å². The van der Waals surface area contributed by atoms with Gasteiger partial charge in [-0.15, -0.1) is 0 Å². The van der Waals surface area contributed by atoms with E-state index in [0.29, 0.717) is 72.9 Å². The summed E-state index contributed by atoms with van der Waals surface area (Å²) in [5.41, 5.74) is 0.458. The molecule has 0 aromatic carbocycles. The Bertz CT molecular complexity index is 1140. The molecular formula is C38H66N2O5Si2. The lowest BCUT2D eigenvalue weighted by Crippen LogP contribution is -2.61. The van der Waals surface area contributed by atoms with Crippen LogP contribution in [0.25, 0.3) is 0 Å². The van der Waals surface area contributed by atoms with Crippen molar-refractivity contribution in [3.8, 4) is 12.5 Å². The second-order valence-electron chi connectivity index (χ2n) is 17.6. The second-order valence-corrected chi connectivity index (χ2v) is 26.1. The number of carbonyl (C=O) groups is 1. The lowest BCUT2D eigenvalue weighted by molar-refractivity contribution is -0.169. The minimum absolute atomic E-state index is 0.137. The van der Waals surface area contributed by atoms with E-state index in [0.717, 1.165) is 50.1 Å². The number of fused-ring (bicyclic) bond motifs is 5. The normalized spacial score (nSPS) is 35.8. The van der Waals surface area contributed by atoms with Crippen LogP contribution in [0.15, 0.2) is 0 Å². The Morgan fingerprint density at radius 2 is 1.51 bits per heavy atom. The Morgan fingerprint density at radius 1 is 0.872 bits per heavy atom. The molecule has 0 saturated heterocycles. The highest BCUT2D eigenvalue weighted by molar-refractivity contribution is 6.71. The third kappa shape index (κ3) is 8.86. The van der Waals surface area contributed by atoms with Crippen LogP contribution in [0.4, 0.5) is 0 Å². The lowest BCUT2D eigenvalue weighted by Gasteiger charge is -2.64. The molecule has 4 aliphatic rings. The Balaban J connectivity index is 1.53. The van der Waals surface area contributed by atoms with E-state index in [1.165, 1.54) is 38.5 Å². The van der Waals surface area contributed by atoms with Crippen molar-refractivity contribution in [2.45, 2.75) is 162 Å². The van der Waals surface area contributed by atoms with Gasteiger partial charge in [0, 0.05) is 18.9 Å². The summed E-state index contributed by atoms with van der Waals surface area (Å²) in [6, 6.07) is 2.04. The molecule has 0 spiro atoms. The Kier molecular flexibility index (Phi) is 13.1. The third-order valence-electron chi connectivity index (χ3n) is 13.8. The molecule has 0 aromatic heterocycles. The monoisotopic (exact) mass is 686 g/mol. The van der Waals surface area contributed by atoms with Crippen molar-refractivity contribution in [3.63, 3.8) is 0 Å². The standard InChI is InChI=1S/C38H66N2O5Si2/c1-9-30(41)14-12-28(2)33-16-17-34-32-15-13-29-24-31(44-46(5,6)22-10-20-42-26-39)18-19-37(29,3)35(32)25-36(38(33,34)4)45-47(7,8)23-11-21-43-27-40/h28-29,31-36H,9-25H2,1-8H3/t28-,29-,31-,32+,33-,34+,35+,36+,37+,38-/m1/s1. The van der Waals surface area contributed by atoms with Crippen LogP contribution >= 0.6 is 0 Å². The van der Waals surface area contributed by atoms with Gasteiger partial charge in [0.25, 0.3) is 12.5 Å². The molecule has 4 rings (SSSR count). The van der Waals surface area contributed by atoms with E-state index in [9.17, 15) is 4.79 Å². The van der Waals surface area contributed by atoms with Crippen molar-refractivity contribution in [2.24, 2.45) is 46.3 Å². The van der Waals surface area contributed by atoms with Crippen molar-refractivity contribution in [1.29, 1.82) is 10.5 Å². The highest BCUT2D eigenvalue weighted by Crippen LogP contribution is 2.69. The summed E-state index contributed by atoms with van der Waals surface area (Å²) in [6.45, 7) is 20.1. The summed E-state index contributed by atoms with van der Waals surface area (Å²) in [6.07, 6.45) is 18.3. The maximum absolute atomic E-state index is 12.3. The van der Waals surface area contributed by atoms with Gasteiger partial charge in [-0.1, -0.05) is 27.7 Å². The van der Waals surface area contributed by atoms with Crippen molar-refractivity contribution >= 4 is 22.4 Å². The van der Waals surface area contributed by atoms with Crippen LogP contribution in [0.5, 0.6) is 0 Å². The SMILES string of the molecule is CCC(=O)CC[C@@H](C)[C@H]1CC[C@H]2[C@@H]3CC[C@@H]4C[C@H](O[Si](C)(C)CCCOC#N)CC[C@]4(C)[C@H]3C[C@H](O[Si](C)(C)CCCOC#N)[C@]12C. The molecule has 0 radical (unpaired) electrons. The fourth-order valence-corrected chi connectivity index (χ4v) is 15.8. The van der Waals surface area contributed by atoms with Gasteiger partial charge in [-0.05, 0) is 155 Å².